The van der Waals surface area contributed by atoms with Crippen LogP contribution in [0.15, 0.2) is 219 Å². The zero-order valence-electron chi connectivity index (χ0n) is 36.4. The standard InChI is InChI=1S/C56H49N5O5/c1-63-47-34-32-40(33-35-47)36-64-51-50(62)48(37-65-56(44-26-14-5-15-27-44,45-28-16-6-17-29-45)46-30-18-7-19-31-46)66-54(51)61-39-59-49-52(57-38-58-53(49)61)60-55(41-20-8-2-9-21-41,42-22-10-3-11-23-42)43-24-12-4-13-25-43/h2-35,38-39,48,50-51,54,62H,36-37H2,1H3,(H,57,58,60)/t48-,50+,51-,54-/m1/s1. The molecule has 7 aromatic carbocycles. The second kappa shape index (κ2) is 18.9. The van der Waals surface area contributed by atoms with Gasteiger partial charge in [0.25, 0.3) is 0 Å². The average Bonchev–Trinajstić information content (AvgIpc) is 3.97. The molecule has 2 N–H and O–H groups in total. The van der Waals surface area contributed by atoms with Crippen LogP contribution in [0, 0.1) is 0 Å². The van der Waals surface area contributed by atoms with Gasteiger partial charge in [-0.05, 0) is 51.1 Å². The Morgan fingerprint density at radius 1 is 0.591 bits per heavy atom. The third-order valence-electron chi connectivity index (χ3n) is 12.5. The van der Waals surface area contributed by atoms with Crippen LogP contribution in [0.25, 0.3) is 11.2 Å². The molecule has 1 saturated heterocycles. The second-order valence-corrected chi connectivity index (χ2v) is 16.3. The number of ether oxygens (including phenoxy) is 4. The Bertz CT molecular complexity index is 2750. The molecule has 0 bridgehead atoms. The maximum atomic E-state index is 12.4. The number of anilines is 1. The van der Waals surface area contributed by atoms with E-state index in [1.807, 2.05) is 138 Å². The van der Waals surface area contributed by atoms with Crippen molar-refractivity contribution in [2.45, 2.75) is 42.3 Å². The van der Waals surface area contributed by atoms with E-state index in [2.05, 4.69) is 78.1 Å². The van der Waals surface area contributed by atoms with Gasteiger partial charge in [-0.2, -0.15) is 0 Å². The minimum absolute atomic E-state index is 0.0148. The third-order valence-corrected chi connectivity index (χ3v) is 12.5. The van der Waals surface area contributed by atoms with Gasteiger partial charge in [-0.15, -0.1) is 0 Å². The second-order valence-electron chi connectivity index (χ2n) is 16.3. The Kier molecular flexibility index (Phi) is 12.2. The first-order chi connectivity index (χ1) is 32.6. The zero-order chi connectivity index (χ0) is 44.8. The van der Waals surface area contributed by atoms with Gasteiger partial charge in [-0.1, -0.05) is 194 Å². The summed E-state index contributed by atoms with van der Waals surface area (Å²) in [6.07, 6.45) is -0.451. The van der Waals surface area contributed by atoms with E-state index < -0.39 is 35.7 Å². The predicted molar refractivity (Wildman–Crippen MR) is 255 cm³/mol. The molecule has 0 spiro atoms. The average molecular weight is 872 g/mol. The fourth-order valence-electron chi connectivity index (χ4n) is 9.24. The van der Waals surface area contributed by atoms with Crippen LogP contribution in [0.4, 0.5) is 5.82 Å². The number of rotatable bonds is 16. The number of aliphatic hydroxyl groups excluding tert-OH is 1. The van der Waals surface area contributed by atoms with Crippen molar-refractivity contribution in [3.8, 4) is 5.75 Å². The van der Waals surface area contributed by atoms with E-state index in [1.54, 1.807) is 13.4 Å². The molecule has 1 fully saturated rings. The highest BCUT2D eigenvalue weighted by molar-refractivity contribution is 5.84. The number of nitrogens with one attached hydrogen (secondary N) is 1. The van der Waals surface area contributed by atoms with Gasteiger partial charge in [0.15, 0.2) is 23.2 Å². The minimum Gasteiger partial charge on any atom is -0.497 e. The Labute approximate surface area is 384 Å². The molecule has 1 aliphatic heterocycles. The molecule has 10 nitrogen and oxygen atoms in total. The van der Waals surface area contributed by atoms with Gasteiger partial charge in [0.05, 0.1) is 26.7 Å². The molecule has 0 saturated carbocycles. The molecule has 0 amide bonds. The van der Waals surface area contributed by atoms with Crippen LogP contribution in [-0.4, -0.2) is 56.7 Å². The van der Waals surface area contributed by atoms with E-state index in [0.717, 1.165) is 44.7 Å². The normalized spacial score (nSPS) is 17.4. The topological polar surface area (TPSA) is 113 Å². The lowest BCUT2D eigenvalue weighted by Crippen LogP contribution is -2.40. The molecule has 1 aliphatic rings. The highest BCUT2D eigenvalue weighted by Crippen LogP contribution is 2.44. The molecule has 0 radical (unpaired) electrons. The number of methoxy groups -OCH3 is 1. The van der Waals surface area contributed by atoms with Crippen molar-refractivity contribution in [1.29, 1.82) is 0 Å². The van der Waals surface area contributed by atoms with E-state index in [1.165, 1.54) is 6.33 Å². The van der Waals surface area contributed by atoms with E-state index >= 15 is 0 Å². The summed E-state index contributed by atoms with van der Waals surface area (Å²) in [5, 5.41) is 16.3. The number of aromatic nitrogens is 4. The van der Waals surface area contributed by atoms with Gasteiger partial charge in [0.1, 0.15) is 41.5 Å². The smallest absolute Gasteiger partial charge is 0.167 e. The molecule has 0 aliphatic carbocycles. The zero-order valence-corrected chi connectivity index (χ0v) is 36.4. The number of nitrogens with zero attached hydrogens (tertiary/aromatic N) is 4. The first-order valence-electron chi connectivity index (χ1n) is 22.1. The summed E-state index contributed by atoms with van der Waals surface area (Å²) in [5.74, 6) is 1.25. The first kappa shape index (κ1) is 42.5. The molecule has 10 rings (SSSR count). The molecular weight excluding hydrogens is 823 g/mol. The van der Waals surface area contributed by atoms with Crippen LogP contribution in [0.2, 0.25) is 0 Å². The molecular formula is C56H49N5O5. The van der Waals surface area contributed by atoms with E-state index in [-0.39, 0.29) is 13.2 Å². The van der Waals surface area contributed by atoms with Crippen molar-refractivity contribution in [3.63, 3.8) is 0 Å². The summed E-state index contributed by atoms with van der Waals surface area (Å²) in [7, 11) is 1.64. The molecule has 328 valence electrons. The van der Waals surface area contributed by atoms with Crippen molar-refractivity contribution in [2.75, 3.05) is 19.0 Å². The van der Waals surface area contributed by atoms with Crippen LogP contribution in [0.5, 0.6) is 5.75 Å². The van der Waals surface area contributed by atoms with Crippen molar-refractivity contribution in [2.24, 2.45) is 0 Å². The summed E-state index contributed by atoms with van der Waals surface area (Å²) in [6, 6.07) is 69.1. The van der Waals surface area contributed by atoms with Crippen LogP contribution < -0.4 is 10.1 Å². The van der Waals surface area contributed by atoms with Crippen molar-refractivity contribution < 1.29 is 24.1 Å². The minimum atomic E-state index is -1.12. The Morgan fingerprint density at radius 3 is 1.53 bits per heavy atom. The Hall–Kier alpha value is -7.47. The third kappa shape index (κ3) is 8.01. The van der Waals surface area contributed by atoms with Crippen molar-refractivity contribution in [1.82, 2.24) is 19.5 Å². The lowest BCUT2D eigenvalue weighted by molar-refractivity contribution is -0.0968. The summed E-state index contributed by atoms with van der Waals surface area (Å²) in [5.41, 5.74) is 5.88. The summed E-state index contributed by atoms with van der Waals surface area (Å²) in [4.78, 5) is 14.6. The highest BCUT2D eigenvalue weighted by atomic mass is 16.6. The molecule has 66 heavy (non-hydrogen) atoms. The van der Waals surface area contributed by atoms with Gasteiger partial charge in [0.2, 0.25) is 0 Å². The quantitative estimate of drug-likeness (QED) is 0.0917. The van der Waals surface area contributed by atoms with Crippen LogP contribution >= 0.6 is 0 Å². The van der Waals surface area contributed by atoms with Crippen molar-refractivity contribution in [3.05, 3.63) is 258 Å². The number of fused-ring (bicyclic) bond motifs is 1. The monoisotopic (exact) mass is 871 g/mol. The summed E-state index contributed by atoms with van der Waals surface area (Å²) >= 11 is 0. The summed E-state index contributed by atoms with van der Waals surface area (Å²) < 4.78 is 28.1. The fraction of sp³-hybridized carbons (Fsp3) is 0.161. The number of hydrogen-bond donors (Lipinski definition) is 2. The molecule has 0 unspecified atom stereocenters. The summed E-state index contributed by atoms with van der Waals surface area (Å²) in [6.45, 7) is 0.213. The lowest BCUT2D eigenvalue weighted by atomic mass is 9.77. The van der Waals surface area contributed by atoms with E-state index in [4.69, 9.17) is 33.9 Å². The Morgan fingerprint density at radius 2 is 1.06 bits per heavy atom. The van der Waals surface area contributed by atoms with Gasteiger partial charge in [-0.3, -0.25) is 4.57 Å². The first-order valence-corrected chi connectivity index (χ1v) is 22.1. The molecule has 3 heterocycles. The van der Waals surface area contributed by atoms with Gasteiger partial charge >= 0.3 is 0 Å². The molecule has 4 atom stereocenters. The van der Waals surface area contributed by atoms with Crippen LogP contribution in [0.1, 0.15) is 45.2 Å². The van der Waals surface area contributed by atoms with Gasteiger partial charge in [-0.25, -0.2) is 15.0 Å². The van der Waals surface area contributed by atoms with Crippen LogP contribution in [-0.2, 0) is 32.0 Å². The van der Waals surface area contributed by atoms with Gasteiger partial charge < -0.3 is 29.4 Å². The fourth-order valence-corrected chi connectivity index (χ4v) is 9.24. The Balaban J connectivity index is 1.04. The SMILES string of the molecule is COc1ccc(CO[C@@H]2[C@@H](O)[C@@H](COC(c3ccccc3)(c3ccccc3)c3ccccc3)O[C@H]2n2cnc3c(NC(c4ccccc4)(c4ccccc4)c4ccccc4)ncnc32)cc1. The van der Waals surface area contributed by atoms with E-state index in [0.29, 0.717) is 17.0 Å². The van der Waals surface area contributed by atoms with E-state index in [9.17, 15) is 5.11 Å². The van der Waals surface area contributed by atoms with Crippen molar-refractivity contribution >= 4 is 17.0 Å². The lowest BCUT2D eigenvalue weighted by Gasteiger charge is -2.37. The molecule has 9 aromatic rings. The maximum Gasteiger partial charge on any atom is 0.167 e. The molecule has 2 aromatic heterocycles. The van der Waals surface area contributed by atoms with Gasteiger partial charge in [0, 0.05) is 0 Å². The number of benzene rings is 7. The number of hydrogen-bond acceptors (Lipinski definition) is 9. The number of aliphatic hydroxyl groups is 1. The molecule has 10 heteroatoms. The largest absolute Gasteiger partial charge is 0.497 e. The predicted octanol–water partition coefficient (Wildman–Crippen LogP) is 10.1. The number of imidazole rings is 1. The highest BCUT2D eigenvalue weighted by Gasteiger charge is 2.48. The maximum absolute atomic E-state index is 12.4. The van der Waals surface area contributed by atoms with Crippen LogP contribution in [0.3, 0.4) is 0 Å².